The van der Waals surface area contributed by atoms with E-state index in [1.54, 1.807) is 18.3 Å². The molecule has 0 bridgehead atoms. The van der Waals surface area contributed by atoms with Crippen LogP contribution in [0.4, 0.5) is 0 Å². The molecular formula is C22H18N2O4. The number of carbonyl (C=O) groups excluding carboxylic acids is 2. The standard InChI is InChI=1S/C22H18N2O4/c25-17-9-4-10-18(26)19(17)20(27)16-12-15-8-5-11-23-21(15)24(22(16)28)13-14-6-2-1-3-7-14/h1-3,5-8,11-12,25H,4,9-10,13H2. The molecule has 3 aromatic rings. The Morgan fingerprint density at radius 1 is 1.07 bits per heavy atom. The third-order valence-electron chi connectivity index (χ3n) is 4.89. The molecule has 1 aliphatic rings. The first-order chi connectivity index (χ1) is 13.6. The molecule has 0 spiro atoms. The van der Waals surface area contributed by atoms with Gasteiger partial charge in [0.1, 0.15) is 17.0 Å². The highest BCUT2D eigenvalue weighted by Gasteiger charge is 2.29. The van der Waals surface area contributed by atoms with Crippen LogP contribution in [-0.4, -0.2) is 26.2 Å². The Labute approximate surface area is 160 Å². The number of carbonyl (C=O) groups is 2. The number of allylic oxidation sites excluding steroid dienone is 2. The Bertz CT molecular complexity index is 1180. The Kier molecular flexibility index (Phi) is 4.61. The van der Waals surface area contributed by atoms with Gasteiger partial charge in [-0.2, -0.15) is 0 Å². The number of aliphatic hydroxyl groups excluding tert-OH is 1. The number of hydrogen-bond acceptors (Lipinski definition) is 5. The summed E-state index contributed by atoms with van der Waals surface area (Å²) < 4.78 is 1.43. The molecule has 0 unspecified atom stereocenters. The summed E-state index contributed by atoms with van der Waals surface area (Å²) >= 11 is 0. The van der Waals surface area contributed by atoms with Crippen molar-refractivity contribution >= 4 is 22.6 Å². The first kappa shape index (κ1) is 17.9. The maximum Gasteiger partial charge on any atom is 0.263 e. The number of fused-ring (bicyclic) bond motifs is 1. The van der Waals surface area contributed by atoms with Gasteiger partial charge < -0.3 is 5.11 Å². The molecule has 1 aromatic carbocycles. The van der Waals surface area contributed by atoms with Gasteiger partial charge in [-0.15, -0.1) is 0 Å². The highest BCUT2D eigenvalue weighted by atomic mass is 16.3. The van der Waals surface area contributed by atoms with E-state index in [-0.39, 0.29) is 36.3 Å². The molecule has 140 valence electrons. The zero-order chi connectivity index (χ0) is 19.7. The van der Waals surface area contributed by atoms with Gasteiger partial charge in [-0.3, -0.25) is 19.0 Å². The van der Waals surface area contributed by atoms with Crippen molar-refractivity contribution < 1.29 is 14.7 Å². The zero-order valence-electron chi connectivity index (χ0n) is 15.1. The molecule has 0 saturated carbocycles. The molecule has 2 heterocycles. The van der Waals surface area contributed by atoms with Crippen molar-refractivity contribution in [3.63, 3.8) is 0 Å². The average Bonchev–Trinajstić information content (AvgIpc) is 2.70. The summed E-state index contributed by atoms with van der Waals surface area (Å²) in [4.78, 5) is 42.7. The van der Waals surface area contributed by atoms with Crippen LogP contribution in [0.2, 0.25) is 0 Å². The molecule has 28 heavy (non-hydrogen) atoms. The topological polar surface area (TPSA) is 89.3 Å². The van der Waals surface area contributed by atoms with E-state index in [2.05, 4.69) is 4.98 Å². The largest absolute Gasteiger partial charge is 0.511 e. The molecule has 0 aliphatic heterocycles. The minimum absolute atomic E-state index is 0.131. The van der Waals surface area contributed by atoms with Gasteiger partial charge in [-0.05, 0) is 30.2 Å². The molecule has 0 fully saturated rings. The summed E-state index contributed by atoms with van der Waals surface area (Å²) in [5.74, 6) is -1.38. The van der Waals surface area contributed by atoms with Gasteiger partial charge in [0.15, 0.2) is 5.78 Å². The lowest BCUT2D eigenvalue weighted by molar-refractivity contribution is -0.116. The summed E-state index contributed by atoms with van der Waals surface area (Å²) in [6.07, 6.45) is 2.55. The monoisotopic (exact) mass is 374 g/mol. The lowest BCUT2D eigenvalue weighted by atomic mass is 9.90. The van der Waals surface area contributed by atoms with Crippen molar-refractivity contribution in [1.29, 1.82) is 0 Å². The third-order valence-corrected chi connectivity index (χ3v) is 4.89. The van der Waals surface area contributed by atoms with Crippen molar-refractivity contribution in [2.24, 2.45) is 0 Å². The van der Waals surface area contributed by atoms with Crippen LogP contribution in [0.5, 0.6) is 0 Å². The van der Waals surface area contributed by atoms with E-state index in [1.807, 2.05) is 30.3 Å². The molecule has 0 radical (unpaired) electrons. The van der Waals surface area contributed by atoms with Crippen molar-refractivity contribution in [1.82, 2.24) is 9.55 Å². The van der Waals surface area contributed by atoms with Gasteiger partial charge in [-0.25, -0.2) is 4.98 Å². The van der Waals surface area contributed by atoms with Crippen molar-refractivity contribution in [3.8, 4) is 0 Å². The highest BCUT2D eigenvalue weighted by Crippen LogP contribution is 2.23. The van der Waals surface area contributed by atoms with Crippen LogP contribution in [0.25, 0.3) is 11.0 Å². The van der Waals surface area contributed by atoms with E-state index in [4.69, 9.17) is 0 Å². The second kappa shape index (κ2) is 7.23. The summed E-state index contributed by atoms with van der Waals surface area (Å²) in [6.45, 7) is 0.243. The lowest BCUT2D eigenvalue weighted by Crippen LogP contribution is -2.30. The molecule has 6 heteroatoms. The maximum atomic E-state index is 13.2. The minimum atomic E-state index is -0.722. The number of hydrogen-bond donors (Lipinski definition) is 1. The van der Waals surface area contributed by atoms with Crippen LogP contribution < -0.4 is 5.56 Å². The number of ketones is 2. The maximum absolute atomic E-state index is 13.2. The number of aliphatic hydroxyl groups is 1. The summed E-state index contributed by atoms with van der Waals surface area (Å²) in [6, 6.07) is 14.3. The fourth-order valence-electron chi connectivity index (χ4n) is 3.50. The van der Waals surface area contributed by atoms with E-state index in [0.717, 1.165) is 5.56 Å². The van der Waals surface area contributed by atoms with Gasteiger partial charge in [0, 0.05) is 24.4 Å². The van der Waals surface area contributed by atoms with Crippen LogP contribution in [0, 0.1) is 0 Å². The molecule has 1 aliphatic carbocycles. The first-order valence-electron chi connectivity index (χ1n) is 9.09. The molecule has 2 aromatic heterocycles. The summed E-state index contributed by atoms with van der Waals surface area (Å²) in [5, 5.41) is 10.7. The van der Waals surface area contributed by atoms with Gasteiger partial charge in [0.2, 0.25) is 5.78 Å². The van der Waals surface area contributed by atoms with Crippen molar-refractivity contribution in [3.05, 3.63) is 87.5 Å². The van der Waals surface area contributed by atoms with Gasteiger partial charge in [0.25, 0.3) is 5.56 Å². The molecule has 0 saturated heterocycles. The molecular weight excluding hydrogens is 356 g/mol. The Balaban J connectivity index is 1.91. The molecule has 6 nitrogen and oxygen atoms in total. The van der Waals surface area contributed by atoms with Crippen LogP contribution in [0.15, 0.2) is 70.9 Å². The Morgan fingerprint density at radius 3 is 2.61 bits per heavy atom. The highest BCUT2D eigenvalue weighted by molar-refractivity contribution is 6.27. The fourth-order valence-corrected chi connectivity index (χ4v) is 3.50. The van der Waals surface area contributed by atoms with Crippen LogP contribution in [0.3, 0.4) is 0 Å². The van der Waals surface area contributed by atoms with Gasteiger partial charge in [-0.1, -0.05) is 30.3 Å². The number of benzene rings is 1. The second-order valence-corrected chi connectivity index (χ2v) is 6.78. The van der Waals surface area contributed by atoms with Crippen molar-refractivity contribution in [2.75, 3.05) is 0 Å². The number of Topliss-reactive ketones (excluding diaryl/α,β-unsaturated/α-hetero) is 2. The van der Waals surface area contributed by atoms with E-state index >= 15 is 0 Å². The average molecular weight is 374 g/mol. The number of aromatic nitrogens is 2. The van der Waals surface area contributed by atoms with E-state index in [0.29, 0.717) is 17.5 Å². The number of pyridine rings is 2. The van der Waals surface area contributed by atoms with Crippen LogP contribution >= 0.6 is 0 Å². The third kappa shape index (κ3) is 3.13. The number of nitrogens with zero attached hydrogens (tertiary/aromatic N) is 2. The van der Waals surface area contributed by atoms with Crippen molar-refractivity contribution in [2.45, 2.75) is 25.8 Å². The Morgan fingerprint density at radius 2 is 1.86 bits per heavy atom. The zero-order valence-corrected chi connectivity index (χ0v) is 15.1. The van der Waals surface area contributed by atoms with E-state index < -0.39 is 17.1 Å². The smallest absolute Gasteiger partial charge is 0.263 e. The van der Waals surface area contributed by atoms with Crippen LogP contribution in [-0.2, 0) is 11.3 Å². The quantitative estimate of drug-likeness (QED) is 0.560. The summed E-state index contributed by atoms with van der Waals surface area (Å²) in [5.41, 5.74) is 0.419. The normalized spacial score (nSPS) is 14.5. The molecule has 0 amide bonds. The predicted octanol–water partition coefficient (Wildman–Crippen LogP) is 3.19. The first-order valence-corrected chi connectivity index (χ1v) is 9.09. The summed E-state index contributed by atoms with van der Waals surface area (Å²) in [7, 11) is 0. The van der Waals surface area contributed by atoms with Crippen LogP contribution in [0.1, 0.15) is 35.2 Å². The SMILES string of the molecule is O=C1CCCC(O)=C1C(=O)c1cc2cccnc2n(Cc2ccccc2)c1=O. The van der Waals surface area contributed by atoms with E-state index in [9.17, 15) is 19.5 Å². The van der Waals surface area contributed by atoms with Gasteiger partial charge in [0.05, 0.1) is 12.1 Å². The number of rotatable bonds is 4. The fraction of sp³-hybridized carbons (Fsp3) is 0.182. The lowest BCUT2D eigenvalue weighted by Gasteiger charge is -2.16. The second-order valence-electron chi connectivity index (χ2n) is 6.78. The Hall–Kier alpha value is -3.54. The van der Waals surface area contributed by atoms with E-state index in [1.165, 1.54) is 10.6 Å². The van der Waals surface area contributed by atoms with Gasteiger partial charge >= 0.3 is 0 Å². The molecule has 0 atom stereocenters. The minimum Gasteiger partial charge on any atom is -0.511 e. The molecule has 4 rings (SSSR count). The predicted molar refractivity (Wildman–Crippen MR) is 104 cm³/mol. The molecule has 1 N–H and O–H groups in total.